The molecule has 26 heavy (non-hydrogen) atoms. The Labute approximate surface area is 150 Å². The van der Waals surface area contributed by atoms with Crippen LogP contribution in [-0.4, -0.2) is 36.0 Å². The van der Waals surface area contributed by atoms with E-state index in [0.29, 0.717) is 18.0 Å². The van der Waals surface area contributed by atoms with Crippen LogP contribution in [0.5, 0.6) is 5.75 Å². The highest BCUT2D eigenvalue weighted by molar-refractivity contribution is 6.25. The molecule has 2 unspecified atom stereocenters. The number of hydrogen-bond donors (Lipinski definition) is 0. The topological polar surface area (TPSA) is 74.6 Å². The van der Waals surface area contributed by atoms with Crippen LogP contribution in [0, 0.1) is 6.92 Å². The van der Waals surface area contributed by atoms with Gasteiger partial charge in [0.15, 0.2) is 12.1 Å². The van der Waals surface area contributed by atoms with Gasteiger partial charge in [-0.05, 0) is 42.3 Å². The molecule has 7 nitrogen and oxygen atoms in total. The molecule has 2 aromatic carbocycles. The maximum absolute atomic E-state index is 13.0. The van der Waals surface area contributed by atoms with Crippen molar-refractivity contribution in [3.05, 3.63) is 59.7 Å². The lowest BCUT2D eigenvalue weighted by Crippen LogP contribution is -2.39. The maximum Gasteiger partial charge on any atom is 0.263 e. The molecule has 0 radical (unpaired) electrons. The summed E-state index contributed by atoms with van der Waals surface area (Å²) in [5, 5.41) is 9.75. The molecule has 1 saturated heterocycles. The van der Waals surface area contributed by atoms with Crippen molar-refractivity contribution in [2.45, 2.75) is 25.6 Å². The van der Waals surface area contributed by atoms with Gasteiger partial charge in [-0.25, -0.2) is 4.90 Å². The van der Waals surface area contributed by atoms with Crippen LogP contribution in [0.25, 0.3) is 0 Å². The second kappa shape index (κ2) is 6.25. The molecule has 0 bridgehead atoms. The molecule has 4 rings (SSSR count). The number of methoxy groups -OCH3 is 1. The third-order valence-electron chi connectivity index (χ3n) is 4.78. The summed E-state index contributed by atoms with van der Waals surface area (Å²) in [5.41, 5.74) is 2.67. The first-order chi connectivity index (χ1) is 12.6. The van der Waals surface area contributed by atoms with Crippen LogP contribution in [0.3, 0.4) is 0 Å². The Bertz CT molecular complexity index is 894. The molecule has 2 aliphatic heterocycles. The smallest absolute Gasteiger partial charge is 0.263 e. The number of fused-ring (bicyclic) bond motifs is 1. The maximum atomic E-state index is 13.0. The molecule has 7 heteroatoms. The standard InChI is InChI=1S/C19H18N4O3/c1-12-5-3-4-6-13(12)11-22-17-16(20-21-22)18(24)23(19(17)25)14-7-9-15(26-2)10-8-14/h3-10,16-17H,11H2,1-2H3. The van der Waals surface area contributed by atoms with Crippen LogP contribution in [0.2, 0.25) is 0 Å². The second-order valence-corrected chi connectivity index (χ2v) is 6.33. The zero-order valence-corrected chi connectivity index (χ0v) is 14.5. The number of amides is 2. The summed E-state index contributed by atoms with van der Waals surface area (Å²) in [6.07, 6.45) is 0. The molecule has 2 heterocycles. The van der Waals surface area contributed by atoms with Gasteiger partial charge in [-0.15, -0.1) is 0 Å². The first-order valence-corrected chi connectivity index (χ1v) is 8.34. The summed E-state index contributed by atoms with van der Waals surface area (Å²) < 4.78 is 5.12. The molecule has 0 aromatic heterocycles. The van der Waals surface area contributed by atoms with Gasteiger partial charge in [-0.1, -0.05) is 29.5 Å². The molecule has 2 aliphatic rings. The number of rotatable bonds is 4. The monoisotopic (exact) mass is 350 g/mol. The SMILES string of the molecule is COc1ccc(N2C(=O)C3N=NN(Cc4ccccc4C)C3C2=O)cc1. The predicted molar refractivity (Wildman–Crippen MR) is 94.6 cm³/mol. The lowest BCUT2D eigenvalue weighted by molar-refractivity contribution is -0.123. The van der Waals surface area contributed by atoms with E-state index in [-0.39, 0.29) is 11.8 Å². The van der Waals surface area contributed by atoms with Crippen molar-refractivity contribution >= 4 is 17.5 Å². The summed E-state index contributed by atoms with van der Waals surface area (Å²) in [4.78, 5) is 26.9. The zero-order chi connectivity index (χ0) is 18.3. The number of benzene rings is 2. The Morgan fingerprint density at radius 1 is 1.04 bits per heavy atom. The quantitative estimate of drug-likeness (QED) is 0.794. The number of anilines is 1. The first kappa shape index (κ1) is 16.3. The van der Waals surface area contributed by atoms with E-state index in [1.165, 1.54) is 4.90 Å². The van der Waals surface area contributed by atoms with E-state index in [1.807, 2.05) is 31.2 Å². The van der Waals surface area contributed by atoms with Crippen molar-refractivity contribution in [3.8, 4) is 5.75 Å². The van der Waals surface area contributed by atoms with Gasteiger partial charge in [0.05, 0.1) is 19.3 Å². The molecule has 1 fully saturated rings. The molecular formula is C19H18N4O3. The molecule has 2 amide bonds. The molecule has 0 saturated carbocycles. The van der Waals surface area contributed by atoms with Gasteiger partial charge in [0.2, 0.25) is 0 Å². The van der Waals surface area contributed by atoms with Crippen molar-refractivity contribution in [2.75, 3.05) is 12.0 Å². The van der Waals surface area contributed by atoms with Gasteiger partial charge in [-0.2, -0.15) is 5.11 Å². The molecule has 2 aromatic rings. The minimum absolute atomic E-state index is 0.302. The second-order valence-electron chi connectivity index (χ2n) is 6.33. The fraction of sp³-hybridized carbons (Fsp3) is 0.263. The number of imide groups is 1. The van der Waals surface area contributed by atoms with E-state index < -0.39 is 12.1 Å². The molecule has 2 atom stereocenters. The predicted octanol–water partition coefficient (Wildman–Crippen LogP) is 2.50. The Hall–Kier alpha value is -3.22. The highest BCUT2D eigenvalue weighted by atomic mass is 16.5. The van der Waals surface area contributed by atoms with Gasteiger partial charge in [-0.3, -0.25) is 14.6 Å². The molecule has 0 spiro atoms. The minimum atomic E-state index is -0.784. The highest BCUT2D eigenvalue weighted by Crippen LogP contribution is 2.33. The average Bonchev–Trinajstić information content (AvgIpc) is 3.17. The highest BCUT2D eigenvalue weighted by Gasteiger charge is 2.54. The van der Waals surface area contributed by atoms with Crippen LogP contribution in [0.4, 0.5) is 5.69 Å². The van der Waals surface area contributed by atoms with E-state index in [0.717, 1.165) is 11.1 Å². The number of nitrogens with zero attached hydrogens (tertiary/aromatic N) is 4. The Balaban J connectivity index is 1.60. The van der Waals surface area contributed by atoms with Crippen molar-refractivity contribution in [1.29, 1.82) is 0 Å². The Morgan fingerprint density at radius 3 is 2.46 bits per heavy atom. The minimum Gasteiger partial charge on any atom is -0.497 e. The average molecular weight is 350 g/mol. The normalized spacial score (nSPS) is 21.5. The summed E-state index contributed by atoms with van der Waals surface area (Å²) in [6.45, 7) is 2.44. The molecule has 0 aliphatic carbocycles. The first-order valence-electron chi connectivity index (χ1n) is 8.34. The van der Waals surface area contributed by atoms with Gasteiger partial charge in [0, 0.05) is 0 Å². The van der Waals surface area contributed by atoms with E-state index in [1.54, 1.807) is 36.4 Å². The van der Waals surface area contributed by atoms with Crippen molar-refractivity contribution in [3.63, 3.8) is 0 Å². The van der Waals surface area contributed by atoms with E-state index >= 15 is 0 Å². The largest absolute Gasteiger partial charge is 0.497 e. The lowest BCUT2D eigenvalue weighted by atomic mass is 10.1. The van der Waals surface area contributed by atoms with Crippen molar-refractivity contribution < 1.29 is 14.3 Å². The number of aryl methyl sites for hydroxylation is 1. The third kappa shape index (κ3) is 2.52. The van der Waals surface area contributed by atoms with Crippen LogP contribution < -0.4 is 9.64 Å². The third-order valence-corrected chi connectivity index (χ3v) is 4.78. The van der Waals surface area contributed by atoms with Gasteiger partial charge in [0.1, 0.15) is 5.75 Å². The van der Waals surface area contributed by atoms with E-state index in [2.05, 4.69) is 10.3 Å². The van der Waals surface area contributed by atoms with E-state index in [4.69, 9.17) is 4.74 Å². The zero-order valence-electron chi connectivity index (χ0n) is 14.5. The molecular weight excluding hydrogens is 332 g/mol. The number of ether oxygens (including phenoxy) is 1. The number of hydrogen-bond acceptors (Lipinski definition) is 6. The van der Waals surface area contributed by atoms with Crippen molar-refractivity contribution in [1.82, 2.24) is 5.01 Å². The van der Waals surface area contributed by atoms with Crippen LogP contribution in [0.1, 0.15) is 11.1 Å². The Kier molecular flexibility index (Phi) is 3.91. The van der Waals surface area contributed by atoms with Crippen molar-refractivity contribution in [2.24, 2.45) is 10.3 Å². The molecule has 132 valence electrons. The van der Waals surface area contributed by atoms with Crippen LogP contribution >= 0.6 is 0 Å². The molecule has 0 N–H and O–H groups in total. The van der Waals surface area contributed by atoms with Gasteiger partial charge < -0.3 is 4.74 Å². The fourth-order valence-corrected chi connectivity index (χ4v) is 3.30. The fourth-order valence-electron chi connectivity index (χ4n) is 3.30. The van der Waals surface area contributed by atoms with Crippen LogP contribution in [0.15, 0.2) is 58.9 Å². The van der Waals surface area contributed by atoms with E-state index in [9.17, 15) is 9.59 Å². The Morgan fingerprint density at radius 2 is 1.77 bits per heavy atom. The number of carbonyl (C=O) groups excluding carboxylic acids is 2. The van der Waals surface area contributed by atoms with Crippen LogP contribution in [-0.2, 0) is 16.1 Å². The van der Waals surface area contributed by atoms with Gasteiger partial charge in [0.25, 0.3) is 11.8 Å². The summed E-state index contributed by atoms with van der Waals surface area (Å²) in [6, 6.07) is 13.2. The summed E-state index contributed by atoms with van der Waals surface area (Å²) in [5.74, 6) is 0.0128. The summed E-state index contributed by atoms with van der Waals surface area (Å²) >= 11 is 0. The number of carbonyl (C=O) groups is 2. The van der Waals surface area contributed by atoms with Gasteiger partial charge >= 0.3 is 0 Å². The lowest BCUT2D eigenvalue weighted by Gasteiger charge is -2.21. The summed E-state index contributed by atoms with van der Waals surface area (Å²) in [7, 11) is 1.56.